The Morgan fingerprint density at radius 2 is 2.05 bits per heavy atom. The number of nitrogens with one attached hydrogen (secondary N) is 1. The lowest BCUT2D eigenvalue weighted by Gasteiger charge is -2.41. The first-order valence-corrected chi connectivity index (χ1v) is 7.11. The fourth-order valence-electron chi connectivity index (χ4n) is 3.04. The summed E-state index contributed by atoms with van der Waals surface area (Å²) in [6, 6.07) is 3.23. The highest BCUT2D eigenvalue weighted by atomic mass is 127. The van der Waals surface area contributed by atoms with Crippen LogP contribution in [0.1, 0.15) is 32.1 Å². The van der Waals surface area contributed by atoms with Crippen LogP contribution in [0.3, 0.4) is 0 Å². The quantitative estimate of drug-likeness (QED) is 0.452. The minimum atomic E-state index is -0.537. The molecule has 3 nitrogen and oxygen atoms in total. The molecule has 0 unspecified atom stereocenters. The standard InChI is InChI=1S/C15H19F2N3.HI/c16-11-4-5-12(17)13(8-11)20-14(18)19-9-15(6-1-7-15)10-2-3-10;/h4-5,8,10H,1-3,6-7,9H2,(H3,18,19,20);1H. The van der Waals surface area contributed by atoms with Gasteiger partial charge in [-0.05, 0) is 49.1 Å². The predicted octanol–water partition coefficient (Wildman–Crippen LogP) is 3.89. The van der Waals surface area contributed by atoms with Gasteiger partial charge in [0.15, 0.2) is 5.96 Å². The molecule has 2 fully saturated rings. The number of nitrogens with zero attached hydrogens (tertiary/aromatic N) is 1. The van der Waals surface area contributed by atoms with Crippen molar-refractivity contribution < 1.29 is 8.78 Å². The molecule has 2 aliphatic rings. The Balaban J connectivity index is 0.00000161. The lowest BCUT2D eigenvalue weighted by atomic mass is 9.65. The largest absolute Gasteiger partial charge is 0.370 e. The summed E-state index contributed by atoms with van der Waals surface area (Å²) in [6.07, 6.45) is 6.27. The summed E-state index contributed by atoms with van der Waals surface area (Å²) in [7, 11) is 0. The number of hydrogen-bond donors (Lipinski definition) is 2. The topological polar surface area (TPSA) is 50.4 Å². The van der Waals surface area contributed by atoms with E-state index in [-0.39, 0.29) is 35.6 Å². The summed E-state index contributed by atoms with van der Waals surface area (Å²) >= 11 is 0. The van der Waals surface area contributed by atoms with Crippen LogP contribution in [0.4, 0.5) is 14.5 Å². The van der Waals surface area contributed by atoms with Gasteiger partial charge in [-0.2, -0.15) is 0 Å². The molecular weight excluding hydrogens is 387 g/mol. The molecule has 1 aromatic carbocycles. The molecule has 0 bridgehead atoms. The second kappa shape index (κ2) is 6.46. The number of benzene rings is 1. The normalized spacial score (nSPS) is 20.4. The Kier molecular flexibility index (Phi) is 5.06. The Hall–Kier alpha value is -0.920. The number of hydrogen-bond acceptors (Lipinski definition) is 1. The van der Waals surface area contributed by atoms with Gasteiger partial charge in [0.05, 0.1) is 5.69 Å². The second-order valence-electron chi connectivity index (χ2n) is 5.94. The van der Waals surface area contributed by atoms with Crippen LogP contribution in [0.25, 0.3) is 0 Å². The van der Waals surface area contributed by atoms with E-state index in [0.29, 0.717) is 12.0 Å². The highest BCUT2D eigenvalue weighted by molar-refractivity contribution is 14.0. The molecule has 0 amide bonds. The van der Waals surface area contributed by atoms with Crippen LogP contribution < -0.4 is 11.1 Å². The van der Waals surface area contributed by atoms with Crippen LogP contribution in [-0.2, 0) is 0 Å². The third kappa shape index (κ3) is 3.64. The highest BCUT2D eigenvalue weighted by Gasteiger charge is 2.48. The average Bonchev–Trinajstić information content (AvgIpc) is 3.17. The van der Waals surface area contributed by atoms with E-state index < -0.39 is 11.6 Å². The molecule has 2 saturated carbocycles. The van der Waals surface area contributed by atoms with Crippen LogP contribution in [0.2, 0.25) is 0 Å². The maximum absolute atomic E-state index is 13.5. The minimum Gasteiger partial charge on any atom is -0.370 e. The van der Waals surface area contributed by atoms with Crippen molar-refractivity contribution >= 4 is 35.6 Å². The molecule has 0 radical (unpaired) electrons. The van der Waals surface area contributed by atoms with E-state index in [1.165, 1.54) is 32.1 Å². The Morgan fingerprint density at radius 1 is 1.33 bits per heavy atom. The van der Waals surface area contributed by atoms with Crippen molar-refractivity contribution in [2.75, 3.05) is 11.9 Å². The zero-order valence-electron chi connectivity index (χ0n) is 11.7. The Labute approximate surface area is 140 Å². The predicted molar refractivity (Wildman–Crippen MR) is 90.9 cm³/mol. The number of halogens is 3. The molecule has 0 aliphatic heterocycles. The summed E-state index contributed by atoms with van der Waals surface area (Å²) in [5, 5.41) is 2.64. The fraction of sp³-hybridized carbons (Fsp3) is 0.533. The van der Waals surface area contributed by atoms with E-state index in [4.69, 9.17) is 5.73 Å². The third-order valence-electron chi connectivity index (χ3n) is 4.55. The highest BCUT2D eigenvalue weighted by Crippen LogP contribution is 2.57. The van der Waals surface area contributed by atoms with Crippen molar-refractivity contribution in [3.63, 3.8) is 0 Å². The van der Waals surface area contributed by atoms with Gasteiger partial charge in [-0.25, -0.2) is 8.78 Å². The molecule has 0 spiro atoms. The van der Waals surface area contributed by atoms with Gasteiger partial charge >= 0.3 is 0 Å². The number of aliphatic imine (C=N–C) groups is 1. The lowest BCUT2D eigenvalue weighted by molar-refractivity contribution is 0.113. The third-order valence-corrected chi connectivity index (χ3v) is 4.55. The SMILES string of the molecule is I.NC(=NCC1(C2CC2)CCC1)Nc1cc(F)ccc1F. The van der Waals surface area contributed by atoms with Gasteiger partial charge in [0.2, 0.25) is 0 Å². The molecule has 3 rings (SSSR count). The molecule has 0 aromatic heterocycles. The molecule has 0 atom stereocenters. The summed E-state index contributed by atoms with van der Waals surface area (Å²) in [6.45, 7) is 0.688. The second-order valence-corrected chi connectivity index (χ2v) is 5.94. The molecule has 1 aromatic rings. The molecule has 6 heteroatoms. The maximum atomic E-state index is 13.5. The molecule has 0 saturated heterocycles. The zero-order chi connectivity index (χ0) is 14.2. The van der Waals surface area contributed by atoms with Gasteiger partial charge in [-0.1, -0.05) is 6.42 Å². The van der Waals surface area contributed by atoms with E-state index >= 15 is 0 Å². The van der Waals surface area contributed by atoms with Gasteiger partial charge in [-0.15, -0.1) is 24.0 Å². The van der Waals surface area contributed by atoms with Crippen molar-refractivity contribution in [1.29, 1.82) is 0 Å². The van der Waals surface area contributed by atoms with Gasteiger partial charge < -0.3 is 11.1 Å². The number of nitrogens with two attached hydrogens (primary N) is 1. The molecular formula is C15H20F2IN3. The monoisotopic (exact) mass is 407 g/mol. The Morgan fingerprint density at radius 3 is 2.62 bits per heavy atom. The molecule has 0 heterocycles. The fourth-order valence-corrected chi connectivity index (χ4v) is 3.04. The smallest absolute Gasteiger partial charge is 0.193 e. The summed E-state index contributed by atoms with van der Waals surface area (Å²) in [4.78, 5) is 4.34. The first kappa shape index (κ1) is 16.5. The first-order valence-electron chi connectivity index (χ1n) is 7.11. The number of guanidine groups is 1. The molecule has 21 heavy (non-hydrogen) atoms. The van der Waals surface area contributed by atoms with Crippen LogP contribution in [-0.4, -0.2) is 12.5 Å². The van der Waals surface area contributed by atoms with Crippen LogP contribution in [0.15, 0.2) is 23.2 Å². The van der Waals surface area contributed by atoms with E-state index in [9.17, 15) is 8.78 Å². The van der Waals surface area contributed by atoms with Crippen LogP contribution >= 0.6 is 24.0 Å². The number of rotatable bonds is 4. The first-order chi connectivity index (χ1) is 9.59. The van der Waals surface area contributed by atoms with Crippen molar-refractivity contribution in [2.24, 2.45) is 22.1 Å². The van der Waals surface area contributed by atoms with E-state index in [1.54, 1.807) is 0 Å². The van der Waals surface area contributed by atoms with Gasteiger partial charge in [0.1, 0.15) is 11.6 Å². The van der Waals surface area contributed by atoms with E-state index in [0.717, 1.165) is 24.1 Å². The minimum absolute atomic E-state index is 0. The van der Waals surface area contributed by atoms with Gasteiger partial charge in [0.25, 0.3) is 0 Å². The van der Waals surface area contributed by atoms with Crippen molar-refractivity contribution in [1.82, 2.24) is 0 Å². The molecule has 116 valence electrons. The van der Waals surface area contributed by atoms with Crippen LogP contribution in [0, 0.1) is 23.0 Å². The van der Waals surface area contributed by atoms with Crippen molar-refractivity contribution in [2.45, 2.75) is 32.1 Å². The van der Waals surface area contributed by atoms with Gasteiger partial charge in [0, 0.05) is 12.6 Å². The number of anilines is 1. The average molecular weight is 407 g/mol. The zero-order valence-corrected chi connectivity index (χ0v) is 14.1. The van der Waals surface area contributed by atoms with E-state index in [1.807, 2.05) is 0 Å². The Bertz CT molecular complexity index is 540. The van der Waals surface area contributed by atoms with Gasteiger partial charge in [-0.3, -0.25) is 4.99 Å². The molecule has 3 N–H and O–H groups in total. The van der Waals surface area contributed by atoms with Crippen LogP contribution in [0.5, 0.6) is 0 Å². The van der Waals surface area contributed by atoms with E-state index in [2.05, 4.69) is 10.3 Å². The lowest BCUT2D eigenvalue weighted by Crippen LogP contribution is -2.36. The molecule has 2 aliphatic carbocycles. The summed E-state index contributed by atoms with van der Waals surface area (Å²) < 4.78 is 26.5. The van der Waals surface area contributed by atoms with Crippen molar-refractivity contribution in [3.8, 4) is 0 Å². The maximum Gasteiger partial charge on any atom is 0.193 e. The van der Waals surface area contributed by atoms with Crippen molar-refractivity contribution in [3.05, 3.63) is 29.8 Å². The summed E-state index contributed by atoms with van der Waals surface area (Å²) in [5.74, 6) is -0.0969. The summed E-state index contributed by atoms with van der Waals surface area (Å²) in [5.41, 5.74) is 6.14.